The average Bonchev–Trinajstić information content (AvgIpc) is 3.04. The molecule has 0 radical (unpaired) electrons. The first-order chi connectivity index (χ1) is 11.4. The Morgan fingerprint density at radius 1 is 1.25 bits per heavy atom. The minimum absolute atomic E-state index is 0.134. The molecule has 1 N–H and O–H groups in total. The lowest BCUT2D eigenvalue weighted by Gasteiger charge is -2.22. The van der Waals surface area contributed by atoms with Crippen molar-refractivity contribution in [3.63, 3.8) is 0 Å². The Morgan fingerprint density at radius 2 is 1.92 bits per heavy atom. The summed E-state index contributed by atoms with van der Waals surface area (Å²) in [6.07, 6.45) is 0. The molecule has 6 nitrogen and oxygen atoms in total. The first kappa shape index (κ1) is 18.4. The van der Waals surface area contributed by atoms with Crippen molar-refractivity contribution in [3.05, 3.63) is 39.8 Å². The van der Waals surface area contributed by atoms with Crippen LogP contribution in [0.15, 0.2) is 24.3 Å². The van der Waals surface area contributed by atoms with Crippen LogP contribution in [0.2, 0.25) is 0 Å². The van der Waals surface area contributed by atoms with E-state index in [1.165, 1.54) is 11.3 Å². The van der Waals surface area contributed by atoms with E-state index < -0.39 is 0 Å². The number of likely N-dealkylation sites (N-methyl/N-ethyl adjacent to an activating group) is 1. The van der Waals surface area contributed by atoms with Gasteiger partial charge in [0.05, 0.1) is 13.2 Å². The zero-order valence-electron chi connectivity index (χ0n) is 14.7. The molecule has 1 unspecified atom stereocenters. The summed E-state index contributed by atoms with van der Waals surface area (Å²) < 4.78 is 5.19. The van der Waals surface area contributed by atoms with Crippen molar-refractivity contribution in [2.45, 2.75) is 25.8 Å². The van der Waals surface area contributed by atoms with Crippen LogP contribution in [-0.4, -0.2) is 48.8 Å². The van der Waals surface area contributed by atoms with Crippen LogP contribution in [0.3, 0.4) is 0 Å². The van der Waals surface area contributed by atoms with Crippen LogP contribution < -0.4 is 10.1 Å². The molecule has 0 saturated carbocycles. The van der Waals surface area contributed by atoms with E-state index in [0.717, 1.165) is 16.3 Å². The Morgan fingerprint density at radius 3 is 2.42 bits per heavy atom. The van der Waals surface area contributed by atoms with Crippen LogP contribution in [0.4, 0.5) is 0 Å². The maximum atomic E-state index is 12.5. The third kappa shape index (κ3) is 4.75. The fraction of sp³-hybridized carbons (Fsp3) is 0.471. The smallest absolute Gasteiger partial charge is 0.282 e. The van der Waals surface area contributed by atoms with Gasteiger partial charge in [0.25, 0.3) is 5.91 Å². The lowest BCUT2D eigenvalue weighted by Crippen LogP contribution is -2.35. The van der Waals surface area contributed by atoms with Gasteiger partial charge in [-0.05, 0) is 31.8 Å². The second-order valence-electron chi connectivity index (χ2n) is 6.16. The van der Waals surface area contributed by atoms with E-state index in [4.69, 9.17) is 4.74 Å². The SMILES string of the molecule is COc1ccc(C(CN(C)C)NC(=O)c2nnc(C(C)C)s2)cc1. The van der Waals surface area contributed by atoms with Crippen LogP contribution in [0.1, 0.15) is 46.2 Å². The van der Waals surface area contributed by atoms with Crippen molar-refractivity contribution in [2.24, 2.45) is 0 Å². The molecule has 0 aliphatic heterocycles. The lowest BCUT2D eigenvalue weighted by molar-refractivity contribution is 0.0929. The van der Waals surface area contributed by atoms with Crippen molar-refractivity contribution in [3.8, 4) is 5.75 Å². The van der Waals surface area contributed by atoms with Gasteiger partial charge in [-0.15, -0.1) is 10.2 Å². The van der Waals surface area contributed by atoms with Gasteiger partial charge in [-0.25, -0.2) is 0 Å². The number of aromatic nitrogens is 2. The minimum atomic E-state index is -0.193. The van der Waals surface area contributed by atoms with Crippen LogP contribution >= 0.6 is 11.3 Å². The van der Waals surface area contributed by atoms with Crippen LogP contribution in [-0.2, 0) is 0 Å². The fourth-order valence-corrected chi connectivity index (χ4v) is 2.96. The number of nitrogens with one attached hydrogen (secondary N) is 1. The van der Waals surface area contributed by atoms with E-state index in [1.807, 2.05) is 57.1 Å². The largest absolute Gasteiger partial charge is 0.497 e. The molecule has 1 aromatic carbocycles. The highest BCUT2D eigenvalue weighted by atomic mass is 32.1. The highest BCUT2D eigenvalue weighted by molar-refractivity contribution is 7.13. The average molecular weight is 348 g/mol. The van der Waals surface area contributed by atoms with Crippen LogP contribution in [0.5, 0.6) is 5.75 Å². The summed E-state index contributed by atoms with van der Waals surface area (Å²) in [5.41, 5.74) is 1.02. The molecule has 0 aliphatic carbocycles. The number of rotatable bonds is 7. The summed E-state index contributed by atoms with van der Waals surface area (Å²) in [5, 5.41) is 12.4. The zero-order valence-corrected chi connectivity index (χ0v) is 15.6. The Kier molecular flexibility index (Phi) is 6.28. The van der Waals surface area contributed by atoms with Crippen LogP contribution in [0.25, 0.3) is 0 Å². The fourth-order valence-electron chi connectivity index (χ4n) is 2.22. The monoisotopic (exact) mass is 348 g/mol. The lowest BCUT2D eigenvalue weighted by atomic mass is 10.1. The molecule has 130 valence electrons. The van der Waals surface area contributed by atoms with Gasteiger partial charge in [0, 0.05) is 12.5 Å². The van der Waals surface area contributed by atoms with Gasteiger partial charge in [-0.2, -0.15) is 0 Å². The first-order valence-electron chi connectivity index (χ1n) is 7.83. The van der Waals surface area contributed by atoms with Gasteiger partial charge in [0.2, 0.25) is 5.01 Å². The van der Waals surface area contributed by atoms with Gasteiger partial charge in [0.15, 0.2) is 0 Å². The molecule has 7 heteroatoms. The minimum Gasteiger partial charge on any atom is -0.497 e. The van der Waals surface area contributed by atoms with Crippen molar-refractivity contribution in [2.75, 3.05) is 27.7 Å². The molecule has 1 atom stereocenters. The number of benzene rings is 1. The third-order valence-electron chi connectivity index (χ3n) is 3.50. The van der Waals surface area contributed by atoms with E-state index in [-0.39, 0.29) is 17.9 Å². The van der Waals surface area contributed by atoms with Gasteiger partial charge in [-0.1, -0.05) is 37.3 Å². The quantitative estimate of drug-likeness (QED) is 0.833. The van der Waals surface area contributed by atoms with Crippen molar-refractivity contribution in [1.29, 1.82) is 0 Å². The molecule has 0 saturated heterocycles. The number of methoxy groups -OCH3 is 1. The summed E-state index contributed by atoms with van der Waals surface area (Å²) in [6.45, 7) is 4.76. The molecule has 0 bridgehead atoms. The number of amides is 1. The summed E-state index contributed by atoms with van der Waals surface area (Å²) in [6, 6.07) is 7.59. The number of carbonyl (C=O) groups excluding carboxylic acids is 1. The summed E-state index contributed by atoms with van der Waals surface area (Å²) in [5.74, 6) is 0.865. The second kappa shape index (κ2) is 8.21. The molecule has 1 heterocycles. The molecule has 24 heavy (non-hydrogen) atoms. The summed E-state index contributed by atoms with van der Waals surface area (Å²) in [7, 11) is 5.59. The summed E-state index contributed by atoms with van der Waals surface area (Å²) >= 11 is 1.34. The Bertz CT molecular complexity index is 667. The number of hydrogen-bond donors (Lipinski definition) is 1. The standard InChI is InChI=1S/C17H24N4O2S/c1-11(2)16-19-20-17(24-16)15(22)18-14(10-21(3)4)12-6-8-13(23-5)9-7-12/h6-9,11,14H,10H2,1-5H3,(H,18,22). The molecule has 1 amide bonds. The van der Waals surface area contributed by atoms with E-state index in [2.05, 4.69) is 15.5 Å². The molecule has 2 rings (SSSR count). The van der Waals surface area contributed by atoms with Crippen molar-refractivity contribution < 1.29 is 9.53 Å². The van der Waals surface area contributed by atoms with E-state index in [0.29, 0.717) is 11.6 Å². The Hall–Kier alpha value is -1.99. The zero-order chi connectivity index (χ0) is 17.7. The van der Waals surface area contributed by atoms with E-state index >= 15 is 0 Å². The maximum Gasteiger partial charge on any atom is 0.282 e. The van der Waals surface area contributed by atoms with Crippen LogP contribution in [0, 0.1) is 0 Å². The number of ether oxygens (including phenoxy) is 1. The number of hydrogen-bond acceptors (Lipinski definition) is 6. The van der Waals surface area contributed by atoms with Crippen molar-refractivity contribution in [1.82, 2.24) is 20.4 Å². The maximum absolute atomic E-state index is 12.5. The molecule has 2 aromatic rings. The van der Waals surface area contributed by atoms with E-state index in [9.17, 15) is 4.79 Å². The van der Waals surface area contributed by atoms with Gasteiger partial charge in [0.1, 0.15) is 10.8 Å². The number of carbonyl (C=O) groups is 1. The number of nitrogens with zero attached hydrogens (tertiary/aromatic N) is 3. The molecule has 0 fully saturated rings. The molecule has 1 aromatic heterocycles. The molecule has 0 aliphatic rings. The predicted octanol–water partition coefficient (Wildman–Crippen LogP) is 2.70. The normalized spacial score (nSPS) is 12.5. The van der Waals surface area contributed by atoms with Crippen molar-refractivity contribution >= 4 is 17.2 Å². The molecule has 0 spiro atoms. The van der Waals surface area contributed by atoms with Gasteiger partial charge in [-0.3, -0.25) is 4.79 Å². The predicted molar refractivity (Wildman–Crippen MR) is 95.8 cm³/mol. The van der Waals surface area contributed by atoms with E-state index in [1.54, 1.807) is 7.11 Å². The van der Waals surface area contributed by atoms with Gasteiger partial charge < -0.3 is 15.0 Å². The third-order valence-corrected chi connectivity index (χ3v) is 4.72. The molecular weight excluding hydrogens is 324 g/mol. The topological polar surface area (TPSA) is 67.3 Å². The first-order valence-corrected chi connectivity index (χ1v) is 8.65. The highest BCUT2D eigenvalue weighted by Crippen LogP contribution is 2.21. The highest BCUT2D eigenvalue weighted by Gasteiger charge is 2.20. The molecular formula is C17H24N4O2S. The Balaban J connectivity index is 2.16. The summed E-state index contributed by atoms with van der Waals surface area (Å²) in [4.78, 5) is 14.6. The van der Waals surface area contributed by atoms with Gasteiger partial charge >= 0.3 is 0 Å². The Labute approximate surface area is 146 Å². The second-order valence-corrected chi connectivity index (χ2v) is 7.17.